The van der Waals surface area contributed by atoms with E-state index in [1.807, 2.05) is 38.1 Å². The minimum absolute atomic E-state index is 0.0396. The van der Waals surface area contributed by atoms with Gasteiger partial charge in [-0.05, 0) is 49.4 Å². The number of esters is 1. The summed E-state index contributed by atoms with van der Waals surface area (Å²) in [6.07, 6.45) is 1.71. The first-order valence-corrected chi connectivity index (χ1v) is 11.2. The van der Waals surface area contributed by atoms with Crippen molar-refractivity contribution < 1.29 is 23.5 Å². The Kier molecular flexibility index (Phi) is 6.63. The van der Waals surface area contributed by atoms with Gasteiger partial charge in [-0.2, -0.15) is 0 Å². The van der Waals surface area contributed by atoms with Gasteiger partial charge in [-0.15, -0.1) is 0 Å². The third-order valence-electron chi connectivity index (χ3n) is 6.27. The van der Waals surface area contributed by atoms with Crippen molar-refractivity contribution in [3.8, 4) is 5.75 Å². The third-order valence-corrected chi connectivity index (χ3v) is 6.27. The summed E-state index contributed by atoms with van der Waals surface area (Å²) in [4.78, 5) is 26.4. The number of carbonyl (C=O) groups excluding carboxylic acids is 2. The first-order valence-electron chi connectivity index (χ1n) is 11.2. The molecule has 0 radical (unpaired) electrons. The second-order valence-corrected chi connectivity index (χ2v) is 8.45. The molecule has 2 atom stereocenters. The zero-order valence-corrected chi connectivity index (χ0v) is 19.1. The van der Waals surface area contributed by atoms with Crippen LogP contribution in [0, 0.1) is 5.82 Å². The molecule has 0 spiro atoms. The van der Waals surface area contributed by atoms with Crippen molar-refractivity contribution in [1.29, 1.82) is 0 Å². The number of ether oxygens (including phenoxy) is 2. The van der Waals surface area contributed by atoms with Crippen molar-refractivity contribution in [1.82, 2.24) is 5.32 Å². The van der Waals surface area contributed by atoms with Crippen LogP contribution in [0.3, 0.4) is 0 Å². The molecule has 0 amide bonds. The molecule has 4 rings (SSSR count). The van der Waals surface area contributed by atoms with Gasteiger partial charge < -0.3 is 14.8 Å². The van der Waals surface area contributed by atoms with Crippen molar-refractivity contribution >= 4 is 11.8 Å². The van der Waals surface area contributed by atoms with Gasteiger partial charge in [0.05, 0.1) is 25.2 Å². The molecule has 0 unspecified atom stereocenters. The van der Waals surface area contributed by atoms with Gasteiger partial charge in [0, 0.05) is 29.0 Å². The van der Waals surface area contributed by atoms with Crippen molar-refractivity contribution in [2.75, 3.05) is 13.7 Å². The Hall–Kier alpha value is -3.41. The molecule has 0 saturated carbocycles. The zero-order valence-electron chi connectivity index (χ0n) is 19.1. The Morgan fingerprint density at radius 3 is 2.55 bits per heavy atom. The van der Waals surface area contributed by atoms with Crippen LogP contribution in [0.15, 0.2) is 71.1 Å². The number of halogens is 1. The number of nitrogens with one attached hydrogen (secondary N) is 1. The van der Waals surface area contributed by atoms with Gasteiger partial charge in [0.15, 0.2) is 5.78 Å². The van der Waals surface area contributed by atoms with Gasteiger partial charge in [0.25, 0.3) is 0 Å². The van der Waals surface area contributed by atoms with Crippen LogP contribution in [0.4, 0.5) is 4.39 Å². The summed E-state index contributed by atoms with van der Waals surface area (Å²) in [5.41, 5.74) is 4.13. The largest absolute Gasteiger partial charge is 0.493 e. The predicted octanol–water partition coefficient (Wildman–Crippen LogP) is 5.15. The molecule has 0 saturated heterocycles. The van der Waals surface area contributed by atoms with Crippen LogP contribution in [0.1, 0.15) is 56.1 Å². The molecular weight excluding hydrogens is 421 g/mol. The highest BCUT2D eigenvalue weighted by Crippen LogP contribution is 2.47. The van der Waals surface area contributed by atoms with Gasteiger partial charge in [0.2, 0.25) is 0 Å². The molecule has 1 aliphatic carbocycles. The molecule has 6 heteroatoms. The second-order valence-electron chi connectivity index (χ2n) is 8.45. The zero-order chi connectivity index (χ0) is 23.5. The van der Waals surface area contributed by atoms with E-state index in [-0.39, 0.29) is 23.9 Å². The minimum atomic E-state index is -0.580. The first kappa shape index (κ1) is 22.8. The molecule has 0 bridgehead atoms. The summed E-state index contributed by atoms with van der Waals surface area (Å²) in [5, 5.41) is 3.31. The van der Waals surface area contributed by atoms with Crippen LogP contribution >= 0.6 is 0 Å². The predicted molar refractivity (Wildman–Crippen MR) is 123 cm³/mol. The van der Waals surface area contributed by atoms with E-state index in [4.69, 9.17) is 9.47 Å². The lowest BCUT2D eigenvalue weighted by molar-refractivity contribution is -0.136. The third kappa shape index (κ3) is 4.42. The SMILES string of the molecule is CCCOc1ccccc1[C@H]1C(C(=O)OC)=C(C)NC2=C1C(=O)C[C@H](c1ccc(F)cc1)C2. The van der Waals surface area contributed by atoms with Crippen LogP contribution in [0.5, 0.6) is 5.75 Å². The molecule has 0 aromatic heterocycles. The van der Waals surface area contributed by atoms with E-state index in [1.165, 1.54) is 19.2 Å². The number of allylic oxidation sites excluding steroid dienone is 3. The van der Waals surface area contributed by atoms with E-state index in [2.05, 4.69) is 5.32 Å². The van der Waals surface area contributed by atoms with Crippen LogP contribution in [-0.4, -0.2) is 25.5 Å². The normalized spacial score (nSPS) is 20.3. The molecule has 0 fully saturated rings. The van der Waals surface area contributed by atoms with Gasteiger partial charge in [0.1, 0.15) is 11.6 Å². The summed E-state index contributed by atoms with van der Waals surface area (Å²) >= 11 is 0. The smallest absolute Gasteiger partial charge is 0.336 e. The highest BCUT2D eigenvalue weighted by atomic mass is 19.1. The molecule has 1 heterocycles. The van der Waals surface area contributed by atoms with Crippen molar-refractivity contribution in [3.05, 3.63) is 88.0 Å². The summed E-state index contributed by atoms with van der Waals surface area (Å²) in [6.45, 7) is 4.38. The highest BCUT2D eigenvalue weighted by molar-refractivity contribution is 6.04. The Balaban J connectivity index is 1.81. The van der Waals surface area contributed by atoms with E-state index < -0.39 is 11.9 Å². The quantitative estimate of drug-likeness (QED) is 0.618. The Morgan fingerprint density at radius 2 is 1.85 bits per heavy atom. The number of dihydropyridines is 1. The van der Waals surface area contributed by atoms with Gasteiger partial charge in [-0.3, -0.25) is 4.79 Å². The highest BCUT2D eigenvalue weighted by Gasteiger charge is 2.42. The Bertz CT molecular complexity index is 1130. The average Bonchev–Trinajstić information content (AvgIpc) is 2.82. The molecular formula is C27H28FNO4. The second kappa shape index (κ2) is 9.61. The Morgan fingerprint density at radius 1 is 1.12 bits per heavy atom. The molecule has 1 aliphatic heterocycles. The van der Waals surface area contributed by atoms with Gasteiger partial charge in [-0.1, -0.05) is 37.3 Å². The van der Waals surface area contributed by atoms with E-state index in [1.54, 1.807) is 12.1 Å². The van der Waals surface area contributed by atoms with E-state index in [0.29, 0.717) is 35.6 Å². The Labute approximate surface area is 193 Å². The topological polar surface area (TPSA) is 64.6 Å². The number of Topliss-reactive ketones (excluding diaryl/α,β-unsaturated/α-hetero) is 1. The fourth-order valence-corrected chi connectivity index (χ4v) is 4.76. The van der Waals surface area contributed by atoms with E-state index in [9.17, 15) is 14.0 Å². The number of ketones is 1. The van der Waals surface area contributed by atoms with Crippen LogP contribution in [0.2, 0.25) is 0 Å². The lowest BCUT2D eigenvalue weighted by Crippen LogP contribution is -2.36. The molecule has 2 aromatic carbocycles. The monoisotopic (exact) mass is 449 g/mol. The summed E-state index contributed by atoms with van der Waals surface area (Å²) in [6, 6.07) is 13.8. The number of methoxy groups -OCH3 is 1. The van der Waals surface area contributed by atoms with Crippen LogP contribution in [0.25, 0.3) is 0 Å². The molecule has 2 aliphatic rings. The van der Waals surface area contributed by atoms with E-state index >= 15 is 0 Å². The molecule has 33 heavy (non-hydrogen) atoms. The van der Waals surface area contributed by atoms with E-state index in [0.717, 1.165) is 23.2 Å². The van der Waals surface area contributed by atoms with Gasteiger partial charge in [-0.25, -0.2) is 9.18 Å². The average molecular weight is 450 g/mol. The lowest BCUT2D eigenvalue weighted by Gasteiger charge is -2.37. The van der Waals surface area contributed by atoms with Crippen molar-refractivity contribution in [2.45, 2.75) is 44.9 Å². The standard InChI is InChI=1S/C27H28FNO4/c1-4-13-33-23-8-6-5-7-20(23)25-24(27(31)32-3)16(2)29-21-14-18(15-22(30)26(21)25)17-9-11-19(28)12-10-17/h5-12,18,25,29H,4,13-15H2,1-3H3/t18-,25+/m1/s1. The van der Waals surface area contributed by atoms with Crippen LogP contribution < -0.4 is 10.1 Å². The van der Waals surface area contributed by atoms with Crippen LogP contribution in [-0.2, 0) is 14.3 Å². The maximum atomic E-state index is 13.6. The fraction of sp³-hybridized carbons (Fsp3) is 0.333. The number of benzene rings is 2. The number of rotatable bonds is 6. The first-order chi connectivity index (χ1) is 15.9. The summed E-state index contributed by atoms with van der Waals surface area (Å²) < 4.78 is 24.5. The molecule has 5 nitrogen and oxygen atoms in total. The minimum Gasteiger partial charge on any atom is -0.493 e. The number of hydrogen-bond donors (Lipinski definition) is 1. The number of carbonyl (C=O) groups is 2. The fourth-order valence-electron chi connectivity index (χ4n) is 4.76. The lowest BCUT2D eigenvalue weighted by atomic mass is 9.71. The maximum Gasteiger partial charge on any atom is 0.336 e. The molecule has 1 N–H and O–H groups in total. The summed E-state index contributed by atoms with van der Waals surface area (Å²) in [5.74, 6) is -0.812. The maximum absolute atomic E-state index is 13.6. The van der Waals surface area contributed by atoms with Gasteiger partial charge >= 0.3 is 5.97 Å². The van der Waals surface area contributed by atoms with Crippen molar-refractivity contribution in [3.63, 3.8) is 0 Å². The number of hydrogen-bond acceptors (Lipinski definition) is 5. The molecule has 2 aromatic rings. The number of para-hydroxylation sites is 1. The summed E-state index contributed by atoms with van der Waals surface area (Å²) in [7, 11) is 1.34. The molecule has 172 valence electrons. The van der Waals surface area contributed by atoms with Crippen molar-refractivity contribution in [2.24, 2.45) is 0 Å².